The fourth-order valence-electron chi connectivity index (χ4n) is 4.46. The zero-order chi connectivity index (χ0) is 22.6. The summed E-state index contributed by atoms with van der Waals surface area (Å²) in [5, 5.41) is 18.4. The minimum absolute atomic E-state index is 0.175. The second-order valence-electron chi connectivity index (χ2n) is 8.60. The second-order valence-corrected chi connectivity index (χ2v) is 10.4. The highest BCUT2D eigenvalue weighted by Crippen LogP contribution is 2.41. The lowest BCUT2D eigenvalue weighted by atomic mass is 9.98. The molecule has 0 saturated heterocycles. The number of amides is 2. The molecule has 0 heterocycles. The van der Waals surface area contributed by atoms with Gasteiger partial charge in [-0.15, -0.1) is 4.36 Å². The Morgan fingerprint density at radius 1 is 1.10 bits per heavy atom. The van der Waals surface area contributed by atoms with Gasteiger partial charge in [-0.1, -0.05) is 6.07 Å². The average Bonchev–Trinajstić information content (AvgIpc) is 3.33. The average molecular weight is 450 g/mol. The van der Waals surface area contributed by atoms with Gasteiger partial charge in [-0.05, 0) is 92.3 Å². The van der Waals surface area contributed by atoms with Crippen LogP contribution >= 0.6 is 0 Å². The summed E-state index contributed by atoms with van der Waals surface area (Å²) in [6.45, 7) is 2.97. The molecule has 0 bridgehead atoms. The highest BCUT2D eigenvalue weighted by atomic mass is 32.2. The molecule has 2 amide bonds. The maximum atomic E-state index is 14.8. The van der Waals surface area contributed by atoms with Crippen molar-refractivity contribution in [3.8, 4) is 0 Å². The van der Waals surface area contributed by atoms with E-state index in [1.54, 1.807) is 0 Å². The molecule has 0 spiro atoms. The molecule has 0 unspecified atom stereocenters. The summed E-state index contributed by atoms with van der Waals surface area (Å²) in [7, 11) is -3.88. The molecule has 0 radical (unpaired) electrons. The first-order chi connectivity index (χ1) is 14.5. The topological polar surface area (TPSA) is 105 Å². The van der Waals surface area contributed by atoms with Gasteiger partial charge in [0.1, 0.15) is 21.5 Å². The molecule has 0 aromatic heterocycles. The molecule has 6 nitrogen and oxygen atoms in total. The first-order valence-electron chi connectivity index (χ1n) is 10.2. The molecule has 4 rings (SSSR count). The third-order valence-corrected chi connectivity index (χ3v) is 7.37. The van der Waals surface area contributed by atoms with Crippen LogP contribution in [0.1, 0.15) is 54.5 Å². The van der Waals surface area contributed by atoms with E-state index in [1.165, 1.54) is 19.9 Å². The smallest absolute Gasteiger partial charge is 0.354 e. The van der Waals surface area contributed by atoms with Crippen LogP contribution in [0, 0.1) is 11.6 Å². The summed E-state index contributed by atoms with van der Waals surface area (Å²) in [5.74, 6) is -1.10. The van der Waals surface area contributed by atoms with Crippen LogP contribution < -0.4 is 10.5 Å². The standard InChI is InChI=1S/C22H25F2N3O3S/c1-22(2,29)12-9-10-18(17(23)11-12)31(25,30)27-21(28)26-20-15-7-3-5-13(15)19(24)14-6-4-8-16(14)20/h9-11,29H,3-8H2,1-2H3,(H3,25,26,27,28,30)/t31-/m1/s1. The Kier molecular flexibility index (Phi) is 5.39. The molecule has 0 saturated carbocycles. The van der Waals surface area contributed by atoms with Crippen molar-refractivity contribution in [1.29, 1.82) is 0 Å². The molecule has 2 aromatic carbocycles. The van der Waals surface area contributed by atoms with Crippen LogP contribution in [0.3, 0.4) is 0 Å². The van der Waals surface area contributed by atoms with Gasteiger partial charge in [-0.25, -0.2) is 22.9 Å². The summed E-state index contributed by atoms with van der Waals surface area (Å²) in [6, 6.07) is 2.61. The molecule has 31 heavy (non-hydrogen) atoms. The Morgan fingerprint density at radius 3 is 2.16 bits per heavy atom. The minimum Gasteiger partial charge on any atom is -0.386 e. The van der Waals surface area contributed by atoms with Crippen molar-refractivity contribution in [3.05, 3.63) is 57.7 Å². The van der Waals surface area contributed by atoms with E-state index in [0.29, 0.717) is 42.5 Å². The number of anilines is 1. The van der Waals surface area contributed by atoms with Crippen molar-refractivity contribution in [2.45, 2.75) is 62.9 Å². The number of hydrogen-bond acceptors (Lipinski definition) is 3. The van der Waals surface area contributed by atoms with Crippen LogP contribution in [0.5, 0.6) is 0 Å². The number of halogens is 2. The van der Waals surface area contributed by atoms with Gasteiger partial charge in [0.05, 0.1) is 10.5 Å². The van der Waals surface area contributed by atoms with Crippen molar-refractivity contribution in [3.63, 3.8) is 0 Å². The van der Waals surface area contributed by atoms with Crippen molar-refractivity contribution < 1.29 is 22.9 Å². The highest BCUT2D eigenvalue weighted by Gasteiger charge is 2.30. The Labute approximate surface area is 180 Å². The third kappa shape index (κ3) is 3.97. The van der Waals surface area contributed by atoms with E-state index in [1.807, 2.05) is 0 Å². The number of benzene rings is 2. The van der Waals surface area contributed by atoms with E-state index in [9.17, 15) is 22.9 Å². The van der Waals surface area contributed by atoms with Gasteiger partial charge in [-0.3, -0.25) is 0 Å². The minimum atomic E-state index is -3.88. The molecule has 1 atom stereocenters. The quantitative estimate of drug-likeness (QED) is 0.657. The van der Waals surface area contributed by atoms with Crippen LogP contribution in [0.2, 0.25) is 0 Å². The highest BCUT2D eigenvalue weighted by molar-refractivity contribution is 7.91. The second kappa shape index (κ2) is 7.65. The maximum absolute atomic E-state index is 14.8. The van der Waals surface area contributed by atoms with Gasteiger partial charge in [-0.2, -0.15) is 0 Å². The maximum Gasteiger partial charge on any atom is 0.354 e. The Hall–Kier alpha value is -2.36. The molecule has 9 heteroatoms. The number of aliphatic hydroxyl groups is 1. The summed E-state index contributed by atoms with van der Waals surface area (Å²) < 4.78 is 45.8. The zero-order valence-electron chi connectivity index (χ0n) is 17.4. The van der Waals surface area contributed by atoms with Crippen LogP contribution in [0.4, 0.5) is 19.3 Å². The van der Waals surface area contributed by atoms with Crippen LogP contribution in [0.25, 0.3) is 0 Å². The van der Waals surface area contributed by atoms with E-state index in [0.717, 1.165) is 36.1 Å². The number of urea groups is 1. The predicted octanol–water partition coefficient (Wildman–Crippen LogP) is 4.10. The molecule has 0 fully saturated rings. The lowest BCUT2D eigenvalue weighted by Gasteiger charge is -2.18. The van der Waals surface area contributed by atoms with Gasteiger partial charge in [0.2, 0.25) is 0 Å². The fraction of sp³-hybridized carbons (Fsp3) is 0.409. The first kappa shape index (κ1) is 21.9. The SMILES string of the molecule is CC(C)(O)c1ccc([S@](N)(=O)=NC(=O)Nc2c3c(c(F)c4c2CCC4)CCC3)c(F)c1. The lowest BCUT2D eigenvalue weighted by molar-refractivity contribution is 0.0781. The van der Waals surface area contributed by atoms with Crippen molar-refractivity contribution in [2.24, 2.45) is 9.50 Å². The number of nitrogens with two attached hydrogens (primary N) is 1. The van der Waals surface area contributed by atoms with Gasteiger partial charge in [0.25, 0.3) is 0 Å². The van der Waals surface area contributed by atoms with E-state index in [2.05, 4.69) is 9.68 Å². The number of nitrogens with zero attached hydrogens (tertiary/aromatic N) is 1. The normalized spacial score (nSPS) is 17.1. The molecule has 166 valence electrons. The van der Waals surface area contributed by atoms with Crippen molar-refractivity contribution in [2.75, 3.05) is 5.32 Å². The Bertz CT molecular complexity index is 1180. The number of carbonyl (C=O) groups excluding carboxylic acids is 1. The lowest BCUT2D eigenvalue weighted by Crippen LogP contribution is -2.21. The third-order valence-electron chi connectivity index (χ3n) is 5.97. The Balaban J connectivity index is 1.69. The van der Waals surface area contributed by atoms with Gasteiger partial charge >= 0.3 is 6.03 Å². The number of rotatable bonds is 3. The summed E-state index contributed by atoms with van der Waals surface area (Å²) in [6.07, 6.45) is 4.09. The molecule has 2 aliphatic carbocycles. The molecule has 2 aromatic rings. The Morgan fingerprint density at radius 2 is 1.65 bits per heavy atom. The monoisotopic (exact) mass is 449 g/mol. The van der Waals surface area contributed by atoms with E-state index >= 15 is 0 Å². The summed E-state index contributed by atoms with van der Waals surface area (Å²) in [5.41, 5.74) is 2.26. The van der Waals surface area contributed by atoms with E-state index < -0.39 is 32.3 Å². The molecule has 4 N–H and O–H groups in total. The van der Waals surface area contributed by atoms with Gasteiger partial charge < -0.3 is 10.4 Å². The van der Waals surface area contributed by atoms with Gasteiger partial charge in [0, 0.05) is 5.69 Å². The number of carbonyl (C=O) groups is 1. The van der Waals surface area contributed by atoms with Crippen molar-refractivity contribution >= 4 is 21.6 Å². The number of hydrogen-bond donors (Lipinski definition) is 3. The predicted molar refractivity (Wildman–Crippen MR) is 114 cm³/mol. The summed E-state index contributed by atoms with van der Waals surface area (Å²) >= 11 is 0. The van der Waals surface area contributed by atoms with E-state index in [4.69, 9.17) is 5.14 Å². The molecular weight excluding hydrogens is 424 g/mol. The van der Waals surface area contributed by atoms with Crippen molar-refractivity contribution in [1.82, 2.24) is 0 Å². The van der Waals surface area contributed by atoms with Crippen LogP contribution in [-0.4, -0.2) is 15.3 Å². The fourth-order valence-corrected chi connectivity index (χ4v) is 5.45. The zero-order valence-corrected chi connectivity index (χ0v) is 18.2. The molecular formula is C22H25F2N3O3S. The summed E-state index contributed by atoms with van der Waals surface area (Å²) in [4.78, 5) is 12.2. The largest absolute Gasteiger partial charge is 0.386 e. The van der Waals surface area contributed by atoms with Crippen LogP contribution in [0.15, 0.2) is 27.5 Å². The molecule has 0 aliphatic heterocycles. The number of fused-ring (bicyclic) bond motifs is 2. The van der Waals surface area contributed by atoms with Crippen LogP contribution in [-0.2, 0) is 41.2 Å². The number of nitrogens with one attached hydrogen (secondary N) is 1. The van der Waals surface area contributed by atoms with E-state index in [-0.39, 0.29) is 11.4 Å². The van der Waals surface area contributed by atoms with Gasteiger partial charge in [0.15, 0.2) is 0 Å². The first-order valence-corrected chi connectivity index (χ1v) is 11.8. The molecule has 2 aliphatic rings.